The van der Waals surface area contributed by atoms with Gasteiger partial charge in [0.15, 0.2) is 10.3 Å². The molecule has 0 radical (unpaired) electrons. The molecule has 0 spiro atoms. The first-order valence-electron chi connectivity index (χ1n) is 15.4. The first-order chi connectivity index (χ1) is 24.6. The molecule has 0 bridgehead atoms. The van der Waals surface area contributed by atoms with Gasteiger partial charge >= 0.3 is 0 Å². The molecule has 256 valence electrons. The van der Waals surface area contributed by atoms with Gasteiger partial charge in [0.25, 0.3) is 11.1 Å². The Balaban J connectivity index is 0.000000147. The third-order valence-electron chi connectivity index (χ3n) is 7.84. The first kappa shape index (κ1) is 35.8. The van der Waals surface area contributed by atoms with Crippen LogP contribution in [0.15, 0.2) is 122 Å². The van der Waals surface area contributed by atoms with E-state index in [4.69, 9.17) is 40.5 Å². The predicted molar refractivity (Wildman–Crippen MR) is 214 cm³/mol. The van der Waals surface area contributed by atoms with Gasteiger partial charge < -0.3 is 14.9 Å². The van der Waals surface area contributed by atoms with Gasteiger partial charge in [0.2, 0.25) is 0 Å². The number of para-hydroxylation sites is 2. The zero-order valence-corrected chi connectivity index (χ0v) is 31.1. The Hall–Kier alpha value is -4.97. The molecule has 1 amide bonds. The summed E-state index contributed by atoms with van der Waals surface area (Å²) >= 11 is 19.6. The predicted octanol–water partition coefficient (Wildman–Crippen LogP) is 10.8. The molecule has 8 rings (SSSR count). The Morgan fingerprint density at radius 2 is 1.14 bits per heavy atom. The fourth-order valence-corrected chi connectivity index (χ4v) is 7.24. The zero-order chi connectivity index (χ0) is 36.1. The van der Waals surface area contributed by atoms with E-state index in [1.54, 1.807) is 54.7 Å². The lowest BCUT2D eigenvalue weighted by atomic mass is 10.2. The van der Waals surface area contributed by atoms with E-state index in [0.717, 1.165) is 26.7 Å². The minimum Gasteiger partial charge on any atom is -0.375 e. The highest BCUT2D eigenvalue weighted by Crippen LogP contribution is 2.33. The number of amides is 1. The lowest BCUT2D eigenvalue weighted by Crippen LogP contribution is -2.11. The Labute approximate surface area is 316 Å². The SMILES string of the molecule is Cn1c(-c2cnc(N)s2)cc2ccccc21.Cn1c(-c2cnc(NC(=O)c3ccc(Cl)cc3)s2)cc2ccccc21.O=C(Cl)c1ccc(Cl)cc1. The van der Waals surface area contributed by atoms with Crippen LogP contribution in [-0.4, -0.2) is 30.3 Å². The molecule has 51 heavy (non-hydrogen) atoms. The standard InChI is InChI=1S/C19H14ClN3OS.C12H11N3S.C7H4Cl2O/c1-23-15-5-3-2-4-13(15)10-16(23)17-11-21-19(25-17)22-18(24)12-6-8-14(20)9-7-12;1-15-9-5-3-2-4-8(9)6-10(15)11-7-14-12(13)16-11;8-6-3-1-5(2-4-6)7(9)10/h2-11H,1H3,(H,21,22,24);2-7H,1H3,(H2,13,14);1-4H. The Morgan fingerprint density at radius 3 is 1.61 bits per heavy atom. The molecule has 0 atom stereocenters. The maximum atomic E-state index is 12.3. The summed E-state index contributed by atoms with van der Waals surface area (Å²) in [6.07, 6.45) is 3.62. The highest BCUT2D eigenvalue weighted by atomic mass is 35.5. The molecule has 8 nitrogen and oxygen atoms in total. The molecular formula is C38H29Cl3N6O2S2. The number of nitrogens with zero attached hydrogens (tertiary/aromatic N) is 4. The van der Waals surface area contributed by atoms with E-state index >= 15 is 0 Å². The summed E-state index contributed by atoms with van der Waals surface area (Å²) in [7, 11) is 4.09. The van der Waals surface area contributed by atoms with E-state index in [9.17, 15) is 9.59 Å². The third kappa shape index (κ3) is 8.50. The monoisotopic (exact) mass is 770 g/mol. The van der Waals surface area contributed by atoms with Crippen molar-refractivity contribution in [3.05, 3.63) is 143 Å². The summed E-state index contributed by atoms with van der Waals surface area (Å²) in [6, 6.07) is 34.0. The van der Waals surface area contributed by atoms with E-state index in [1.807, 2.05) is 37.5 Å². The van der Waals surface area contributed by atoms with E-state index in [0.29, 0.717) is 31.4 Å². The van der Waals surface area contributed by atoms with Gasteiger partial charge in [-0.2, -0.15) is 0 Å². The Morgan fingerprint density at radius 1 is 0.667 bits per heavy atom. The number of hydrogen-bond acceptors (Lipinski definition) is 7. The molecule has 0 aliphatic carbocycles. The second-order valence-corrected chi connectivity index (χ2v) is 14.4. The summed E-state index contributed by atoms with van der Waals surface area (Å²) in [5.41, 5.74) is 11.3. The summed E-state index contributed by atoms with van der Waals surface area (Å²) in [5.74, 6) is -0.199. The van der Waals surface area contributed by atoms with Crippen LogP contribution < -0.4 is 11.1 Å². The third-order valence-corrected chi connectivity index (χ3v) is 10.3. The number of thiazole rings is 2. The van der Waals surface area contributed by atoms with Crippen LogP contribution in [0.25, 0.3) is 42.9 Å². The molecule has 4 aromatic carbocycles. The van der Waals surface area contributed by atoms with Crippen molar-refractivity contribution in [2.75, 3.05) is 11.1 Å². The molecule has 4 aromatic heterocycles. The Kier molecular flexibility index (Phi) is 11.2. The van der Waals surface area contributed by atoms with E-state index in [-0.39, 0.29) is 5.91 Å². The van der Waals surface area contributed by atoms with Crippen LogP contribution in [-0.2, 0) is 14.1 Å². The van der Waals surface area contributed by atoms with Gasteiger partial charge in [-0.1, -0.05) is 82.3 Å². The van der Waals surface area contributed by atoms with Crippen LogP contribution in [0.1, 0.15) is 20.7 Å². The number of nitrogens with one attached hydrogen (secondary N) is 1. The van der Waals surface area contributed by atoms with E-state index < -0.39 is 5.24 Å². The van der Waals surface area contributed by atoms with Gasteiger partial charge in [0.05, 0.1) is 21.1 Å². The molecule has 8 aromatic rings. The molecule has 0 saturated heterocycles. The molecule has 0 fully saturated rings. The highest BCUT2D eigenvalue weighted by molar-refractivity contribution is 7.19. The fraction of sp³-hybridized carbons (Fsp3) is 0.0526. The van der Waals surface area contributed by atoms with Gasteiger partial charge in [-0.25, -0.2) is 9.97 Å². The number of aromatic nitrogens is 4. The number of hydrogen-bond donors (Lipinski definition) is 2. The van der Waals surface area contributed by atoms with Gasteiger partial charge in [-0.3, -0.25) is 14.9 Å². The van der Waals surface area contributed by atoms with Crippen LogP contribution in [0.4, 0.5) is 10.3 Å². The molecule has 0 saturated carbocycles. The van der Waals surface area contributed by atoms with Crippen molar-refractivity contribution >= 4 is 101 Å². The largest absolute Gasteiger partial charge is 0.375 e. The number of nitrogen functional groups attached to an aromatic ring is 1. The van der Waals surface area contributed by atoms with Crippen molar-refractivity contribution in [3.8, 4) is 21.1 Å². The maximum Gasteiger partial charge on any atom is 0.257 e. The van der Waals surface area contributed by atoms with Gasteiger partial charge in [0.1, 0.15) is 0 Å². The average Bonchev–Trinajstić information content (AvgIpc) is 3.92. The van der Waals surface area contributed by atoms with Gasteiger partial charge in [-0.15, -0.1) is 0 Å². The maximum absolute atomic E-state index is 12.3. The number of anilines is 2. The molecule has 0 unspecified atom stereocenters. The summed E-state index contributed by atoms with van der Waals surface area (Å²) < 4.78 is 4.30. The van der Waals surface area contributed by atoms with E-state index in [1.165, 1.54) is 39.0 Å². The summed E-state index contributed by atoms with van der Waals surface area (Å²) in [6.45, 7) is 0. The average molecular weight is 772 g/mol. The number of fused-ring (bicyclic) bond motifs is 2. The van der Waals surface area contributed by atoms with Crippen molar-refractivity contribution in [1.29, 1.82) is 0 Å². The van der Waals surface area contributed by atoms with Gasteiger partial charge in [-0.05, 0) is 84.4 Å². The minimum atomic E-state index is -0.461. The molecule has 3 N–H and O–H groups in total. The fourth-order valence-electron chi connectivity index (χ4n) is 5.26. The topological polar surface area (TPSA) is 108 Å². The second-order valence-electron chi connectivity index (χ2n) is 11.1. The number of carbonyl (C=O) groups is 2. The number of carbonyl (C=O) groups excluding carboxylic acids is 2. The lowest BCUT2D eigenvalue weighted by molar-refractivity contribution is 0.102. The summed E-state index contributed by atoms with van der Waals surface area (Å²) in [4.78, 5) is 33.3. The minimum absolute atomic E-state index is 0.199. The molecule has 4 heterocycles. The van der Waals surface area contributed by atoms with Crippen LogP contribution >= 0.6 is 57.5 Å². The van der Waals surface area contributed by atoms with Crippen LogP contribution in [0.2, 0.25) is 10.0 Å². The Bertz CT molecular complexity index is 2470. The van der Waals surface area contributed by atoms with Crippen molar-refractivity contribution in [2.24, 2.45) is 14.1 Å². The first-order valence-corrected chi connectivity index (χ1v) is 18.1. The lowest BCUT2D eigenvalue weighted by Gasteiger charge is -2.02. The van der Waals surface area contributed by atoms with Crippen molar-refractivity contribution in [2.45, 2.75) is 0 Å². The highest BCUT2D eigenvalue weighted by Gasteiger charge is 2.14. The quantitative estimate of drug-likeness (QED) is 0.169. The number of nitrogens with two attached hydrogens (primary N) is 1. The van der Waals surface area contributed by atoms with Crippen LogP contribution in [0, 0.1) is 0 Å². The molecule has 0 aliphatic rings. The van der Waals surface area contributed by atoms with Crippen molar-refractivity contribution in [1.82, 2.24) is 19.1 Å². The molecule has 0 aliphatic heterocycles. The van der Waals surface area contributed by atoms with E-state index in [2.05, 4.69) is 67.9 Å². The van der Waals surface area contributed by atoms with Crippen molar-refractivity contribution in [3.63, 3.8) is 0 Å². The zero-order valence-electron chi connectivity index (χ0n) is 27.2. The summed E-state index contributed by atoms with van der Waals surface area (Å²) in [5, 5.41) is 7.18. The smallest absolute Gasteiger partial charge is 0.257 e. The van der Waals surface area contributed by atoms with Crippen LogP contribution in [0.5, 0.6) is 0 Å². The molecular weight excluding hydrogens is 743 g/mol. The van der Waals surface area contributed by atoms with Crippen LogP contribution in [0.3, 0.4) is 0 Å². The number of rotatable bonds is 5. The number of halogens is 3. The van der Waals surface area contributed by atoms with Crippen molar-refractivity contribution < 1.29 is 9.59 Å². The van der Waals surface area contributed by atoms with Gasteiger partial charge in [0, 0.05) is 69.5 Å². The molecule has 13 heteroatoms. The number of benzene rings is 4. The second kappa shape index (κ2) is 15.9. The normalized spacial score (nSPS) is 10.7. The number of aryl methyl sites for hydroxylation is 2.